The molecule has 0 aromatic heterocycles. The van der Waals surface area contributed by atoms with Gasteiger partial charge in [0, 0.05) is 12.5 Å². The normalized spacial score (nSPS) is 21.7. The van der Waals surface area contributed by atoms with E-state index in [2.05, 4.69) is 43.3 Å². The summed E-state index contributed by atoms with van der Waals surface area (Å²) in [5, 5.41) is 0. The van der Waals surface area contributed by atoms with Crippen molar-refractivity contribution < 1.29 is 13.5 Å². The Morgan fingerprint density at radius 2 is 1.88 bits per heavy atom. The van der Waals surface area contributed by atoms with Crippen molar-refractivity contribution in [1.29, 1.82) is 0 Å². The third-order valence-corrected chi connectivity index (χ3v) is 5.04. The minimum absolute atomic E-state index is 0.159. The quantitative estimate of drug-likeness (QED) is 0.360. The maximum atomic E-state index is 14.2. The number of hydrogen-bond acceptors (Lipinski definition) is 1. The van der Waals surface area contributed by atoms with Crippen molar-refractivity contribution in [3.8, 4) is 0 Å². The average molecular weight is 360 g/mol. The second kappa shape index (κ2) is 10.4. The molecule has 0 saturated heterocycles. The van der Waals surface area contributed by atoms with Gasteiger partial charge in [0.1, 0.15) is 0 Å². The van der Waals surface area contributed by atoms with Gasteiger partial charge in [0.15, 0.2) is 11.7 Å². The minimum Gasteiger partial charge on any atom is -0.377 e. The van der Waals surface area contributed by atoms with E-state index in [4.69, 9.17) is 4.74 Å². The molecular weight excluding hydrogens is 330 g/mol. The molecule has 1 aromatic rings. The van der Waals surface area contributed by atoms with Crippen LogP contribution in [-0.4, -0.2) is 13.2 Å². The molecule has 0 amide bonds. The predicted molar refractivity (Wildman–Crippen MR) is 105 cm³/mol. The molecule has 0 aliphatic heterocycles. The Bertz CT molecular complexity index is 655. The van der Waals surface area contributed by atoms with Gasteiger partial charge in [-0.1, -0.05) is 42.0 Å². The smallest absolute Gasteiger partial charge is 0.159 e. The van der Waals surface area contributed by atoms with Crippen LogP contribution in [0.4, 0.5) is 8.78 Å². The Morgan fingerprint density at radius 1 is 1.15 bits per heavy atom. The van der Waals surface area contributed by atoms with Gasteiger partial charge in [-0.25, -0.2) is 8.78 Å². The lowest BCUT2D eigenvalue weighted by Gasteiger charge is -2.23. The van der Waals surface area contributed by atoms with Crippen LogP contribution in [0.3, 0.4) is 0 Å². The monoisotopic (exact) mass is 360 g/mol. The number of allylic oxidation sites excluding steroid dienone is 5. The van der Waals surface area contributed by atoms with Crippen molar-refractivity contribution in [2.45, 2.75) is 52.4 Å². The van der Waals surface area contributed by atoms with Crippen LogP contribution in [0.15, 0.2) is 59.7 Å². The summed E-state index contributed by atoms with van der Waals surface area (Å²) >= 11 is 0. The van der Waals surface area contributed by atoms with Crippen LogP contribution in [0.5, 0.6) is 0 Å². The lowest BCUT2D eigenvalue weighted by Crippen LogP contribution is -2.09. The fourth-order valence-corrected chi connectivity index (χ4v) is 3.34. The van der Waals surface area contributed by atoms with Crippen LogP contribution in [-0.2, 0) is 4.74 Å². The summed E-state index contributed by atoms with van der Waals surface area (Å²) in [7, 11) is 0. The van der Waals surface area contributed by atoms with Crippen LogP contribution in [0.25, 0.3) is 0 Å². The third kappa shape index (κ3) is 5.91. The molecule has 1 aromatic carbocycles. The van der Waals surface area contributed by atoms with Gasteiger partial charge in [0.2, 0.25) is 0 Å². The van der Waals surface area contributed by atoms with Gasteiger partial charge in [-0.2, -0.15) is 0 Å². The molecule has 2 unspecified atom stereocenters. The van der Waals surface area contributed by atoms with Crippen molar-refractivity contribution in [2.24, 2.45) is 5.92 Å². The summed E-state index contributed by atoms with van der Waals surface area (Å²) in [6.45, 7) is 6.11. The second-order valence-corrected chi connectivity index (χ2v) is 6.97. The first-order chi connectivity index (χ1) is 12.5. The van der Waals surface area contributed by atoms with E-state index in [9.17, 15) is 8.78 Å². The van der Waals surface area contributed by atoms with Gasteiger partial charge in [-0.05, 0) is 69.6 Å². The van der Waals surface area contributed by atoms with Gasteiger partial charge in [-0.3, -0.25) is 0 Å². The molecule has 2 atom stereocenters. The molecular formula is C23H30F2O. The Hall–Kier alpha value is -1.74. The average Bonchev–Trinajstić information content (AvgIpc) is 2.68. The van der Waals surface area contributed by atoms with E-state index in [-0.39, 0.29) is 6.61 Å². The van der Waals surface area contributed by atoms with E-state index in [1.54, 1.807) is 0 Å². The van der Waals surface area contributed by atoms with Crippen LogP contribution >= 0.6 is 0 Å². The number of hydrogen-bond donors (Lipinski definition) is 0. The van der Waals surface area contributed by atoms with Gasteiger partial charge in [0.25, 0.3) is 0 Å². The van der Waals surface area contributed by atoms with E-state index < -0.39 is 11.7 Å². The molecule has 2 rings (SSSR count). The Labute approximate surface area is 156 Å². The van der Waals surface area contributed by atoms with E-state index in [0.29, 0.717) is 30.4 Å². The minimum atomic E-state index is -0.793. The first-order valence-corrected chi connectivity index (χ1v) is 9.57. The maximum Gasteiger partial charge on any atom is 0.159 e. The van der Waals surface area contributed by atoms with Gasteiger partial charge in [-0.15, -0.1) is 0 Å². The largest absolute Gasteiger partial charge is 0.377 e. The molecule has 0 heterocycles. The third-order valence-electron chi connectivity index (χ3n) is 5.04. The summed E-state index contributed by atoms with van der Waals surface area (Å²) in [6, 6.07) is 8.70. The maximum absolute atomic E-state index is 14.2. The molecule has 0 radical (unpaired) electrons. The van der Waals surface area contributed by atoms with Crippen LogP contribution in [0, 0.1) is 12.8 Å². The Balaban J connectivity index is 1.96. The molecule has 0 saturated carbocycles. The first kappa shape index (κ1) is 20.6. The number of halogens is 2. The zero-order chi connectivity index (χ0) is 18.9. The van der Waals surface area contributed by atoms with Crippen LogP contribution in [0.1, 0.15) is 56.6 Å². The second-order valence-electron chi connectivity index (χ2n) is 6.97. The highest BCUT2D eigenvalue weighted by molar-refractivity contribution is 5.29. The molecule has 3 heteroatoms. The number of benzene rings is 1. The van der Waals surface area contributed by atoms with Crippen LogP contribution < -0.4 is 0 Å². The molecule has 26 heavy (non-hydrogen) atoms. The van der Waals surface area contributed by atoms with Crippen molar-refractivity contribution >= 4 is 0 Å². The highest BCUT2D eigenvalue weighted by atomic mass is 19.2. The van der Waals surface area contributed by atoms with E-state index in [1.165, 1.54) is 18.1 Å². The SMILES string of the molecule is C/C=C(F)\C(F)=C(\CCC1C=CC(c2ccc(C)cc2)CC1)COCC. The molecule has 1 nitrogen and oxygen atoms in total. The van der Waals surface area contributed by atoms with Crippen LogP contribution in [0.2, 0.25) is 0 Å². The molecule has 0 N–H and O–H groups in total. The zero-order valence-electron chi connectivity index (χ0n) is 16.1. The van der Waals surface area contributed by atoms with Gasteiger partial charge < -0.3 is 4.74 Å². The molecule has 142 valence electrons. The predicted octanol–water partition coefficient (Wildman–Crippen LogP) is 6.96. The lowest BCUT2D eigenvalue weighted by molar-refractivity contribution is 0.165. The molecule has 0 fully saturated rings. The van der Waals surface area contributed by atoms with Gasteiger partial charge in [0.05, 0.1) is 6.61 Å². The van der Waals surface area contributed by atoms with E-state index in [0.717, 1.165) is 25.3 Å². The zero-order valence-corrected chi connectivity index (χ0v) is 16.1. The first-order valence-electron chi connectivity index (χ1n) is 9.57. The van der Waals surface area contributed by atoms with Crippen molar-refractivity contribution in [1.82, 2.24) is 0 Å². The van der Waals surface area contributed by atoms with Crippen molar-refractivity contribution in [3.05, 3.63) is 70.8 Å². The van der Waals surface area contributed by atoms with Crippen molar-refractivity contribution in [3.63, 3.8) is 0 Å². The summed E-state index contributed by atoms with van der Waals surface area (Å²) in [4.78, 5) is 0. The fraction of sp³-hybridized carbons (Fsp3) is 0.478. The van der Waals surface area contributed by atoms with E-state index in [1.807, 2.05) is 6.92 Å². The summed E-state index contributed by atoms with van der Waals surface area (Å²) in [6.07, 6.45) is 9.20. The number of rotatable bonds is 8. The fourth-order valence-electron chi connectivity index (χ4n) is 3.34. The number of ether oxygens (including phenoxy) is 1. The Kier molecular flexibility index (Phi) is 8.24. The highest BCUT2D eigenvalue weighted by Crippen LogP contribution is 2.33. The Morgan fingerprint density at radius 3 is 2.46 bits per heavy atom. The topological polar surface area (TPSA) is 9.23 Å². The molecule has 0 bridgehead atoms. The van der Waals surface area contributed by atoms with Crippen molar-refractivity contribution in [2.75, 3.05) is 13.2 Å². The summed E-state index contributed by atoms with van der Waals surface area (Å²) in [5.74, 6) is -0.672. The van der Waals surface area contributed by atoms with Gasteiger partial charge >= 0.3 is 0 Å². The molecule has 1 aliphatic rings. The molecule has 1 aliphatic carbocycles. The highest BCUT2D eigenvalue weighted by Gasteiger charge is 2.19. The standard InChI is InChI=1S/C23H30F2O/c1-4-22(24)23(25)21(16-26-5-2)15-10-18-8-13-20(14-9-18)19-11-6-17(3)7-12-19/h4,6-8,11-13,18,20H,5,9-10,14-16H2,1-3H3/b22-4+,23-21+. The summed E-state index contributed by atoms with van der Waals surface area (Å²) in [5.41, 5.74) is 3.05. The summed E-state index contributed by atoms with van der Waals surface area (Å²) < 4.78 is 33.1. The van der Waals surface area contributed by atoms with E-state index >= 15 is 0 Å². The lowest BCUT2D eigenvalue weighted by atomic mass is 9.82. The molecule has 0 spiro atoms. The number of aryl methyl sites for hydroxylation is 1.